The van der Waals surface area contributed by atoms with Gasteiger partial charge in [-0.15, -0.1) is 6.58 Å². The van der Waals surface area contributed by atoms with Crippen molar-refractivity contribution in [1.29, 1.82) is 0 Å². The molecule has 2 heterocycles. The number of aliphatic hydroxyl groups is 1. The van der Waals surface area contributed by atoms with Crippen molar-refractivity contribution in [3.05, 3.63) is 69.9 Å². The predicted octanol–water partition coefficient (Wildman–Crippen LogP) is 5.32. The molecule has 0 fully saturated rings. The number of halogens is 1. The van der Waals surface area contributed by atoms with Gasteiger partial charge in [0.15, 0.2) is 0 Å². The first kappa shape index (κ1) is 19.1. The molecule has 2 aliphatic heterocycles. The molecule has 4 heteroatoms. The van der Waals surface area contributed by atoms with Crippen LogP contribution in [-0.2, 0) is 0 Å². The Labute approximate surface area is 165 Å². The van der Waals surface area contributed by atoms with E-state index in [1.807, 2.05) is 17.1 Å². The summed E-state index contributed by atoms with van der Waals surface area (Å²) in [6.45, 7) is 13.4. The molecule has 1 N–H and O–H groups in total. The summed E-state index contributed by atoms with van der Waals surface area (Å²) in [5.74, 6) is 0.937. The lowest BCUT2D eigenvalue weighted by Gasteiger charge is -2.43. The summed E-state index contributed by atoms with van der Waals surface area (Å²) in [5.41, 5.74) is 4.67. The van der Waals surface area contributed by atoms with Crippen LogP contribution in [0.1, 0.15) is 44.2 Å². The maximum absolute atomic E-state index is 10.8. The second-order valence-electron chi connectivity index (χ2n) is 7.89. The molecule has 3 nitrogen and oxygen atoms in total. The fraction of sp³-hybridized carbons (Fsp3) is 0.409. The Hall–Kier alpha value is -1.65. The van der Waals surface area contributed by atoms with Crippen molar-refractivity contribution < 1.29 is 5.11 Å². The van der Waals surface area contributed by atoms with Gasteiger partial charge in [-0.2, -0.15) is 0 Å². The first-order valence-corrected chi connectivity index (χ1v) is 9.83. The molecule has 0 spiro atoms. The predicted molar refractivity (Wildman–Crippen MR) is 112 cm³/mol. The van der Waals surface area contributed by atoms with Crippen molar-refractivity contribution in [3.63, 3.8) is 0 Å². The SMILES string of the molecule is C=CCC(C1=CC(O)N2CC(C)(C)C(C)=CC2=N1)c1cc(Br)ccc1C. The van der Waals surface area contributed by atoms with Gasteiger partial charge in [0.1, 0.15) is 12.1 Å². The molecule has 0 saturated heterocycles. The third kappa shape index (κ3) is 3.58. The van der Waals surface area contributed by atoms with E-state index in [0.717, 1.165) is 29.0 Å². The number of hydrogen-bond acceptors (Lipinski definition) is 3. The van der Waals surface area contributed by atoms with Crippen LogP contribution in [0.15, 0.2) is 63.7 Å². The van der Waals surface area contributed by atoms with Gasteiger partial charge in [0, 0.05) is 22.4 Å². The number of allylic oxidation sites excluding steroid dienone is 2. The minimum Gasteiger partial charge on any atom is -0.370 e. The molecule has 0 saturated carbocycles. The maximum Gasteiger partial charge on any atom is 0.149 e. The third-order valence-electron chi connectivity index (χ3n) is 5.53. The molecule has 138 valence electrons. The smallest absolute Gasteiger partial charge is 0.149 e. The lowest BCUT2D eigenvalue weighted by molar-refractivity contribution is 0.0701. The summed E-state index contributed by atoms with van der Waals surface area (Å²) in [6, 6.07) is 6.31. The zero-order valence-electron chi connectivity index (χ0n) is 16.0. The highest BCUT2D eigenvalue weighted by Gasteiger charge is 2.35. The topological polar surface area (TPSA) is 35.8 Å². The molecule has 2 aliphatic rings. The van der Waals surface area contributed by atoms with Gasteiger partial charge in [-0.3, -0.25) is 0 Å². The highest BCUT2D eigenvalue weighted by Crippen LogP contribution is 2.38. The van der Waals surface area contributed by atoms with Gasteiger partial charge in [0.05, 0.1) is 5.70 Å². The number of amidine groups is 1. The number of aliphatic hydroxyl groups excluding tert-OH is 1. The highest BCUT2D eigenvalue weighted by molar-refractivity contribution is 9.10. The standard InChI is InChI=1S/C22H27BrN2O/c1-6-7-17(18-11-16(23)9-8-14(18)2)19-12-21(26)25-13-22(4,5)15(3)10-20(25)24-19/h6,8-12,17,21,26H,1,7,13H2,2-5H3. The van der Waals surface area contributed by atoms with Crippen molar-refractivity contribution in [3.8, 4) is 0 Å². The van der Waals surface area contributed by atoms with Crippen molar-refractivity contribution in [2.24, 2.45) is 10.4 Å². The fourth-order valence-corrected chi connectivity index (χ4v) is 3.97. The summed E-state index contributed by atoms with van der Waals surface area (Å²) in [5, 5.41) is 10.8. The van der Waals surface area contributed by atoms with Crippen LogP contribution in [0.4, 0.5) is 0 Å². The van der Waals surface area contributed by atoms with Crippen LogP contribution in [0.3, 0.4) is 0 Å². The molecule has 1 aromatic rings. The van der Waals surface area contributed by atoms with E-state index in [0.29, 0.717) is 0 Å². The van der Waals surface area contributed by atoms with Gasteiger partial charge in [-0.1, -0.05) is 47.5 Å². The van der Waals surface area contributed by atoms with E-state index in [-0.39, 0.29) is 11.3 Å². The Morgan fingerprint density at radius 3 is 2.85 bits per heavy atom. The van der Waals surface area contributed by atoms with Gasteiger partial charge >= 0.3 is 0 Å². The van der Waals surface area contributed by atoms with Crippen LogP contribution in [0.25, 0.3) is 0 Å². The van der Waals surface area contributed by atoms with E-state index in [2.05, 4.69) is 74.5 Å². The van der Waals surface area contributed by atoms with E-state index in [1.54, 1.807) is 0 Å². The molecule has 2 atom stereocenters. The van der Waals surface area contributed by atoms with E-state index in [4.69, 9.17) is 4.99 Å². The quantitative estimate of drug-likeness (QED) is 0.676. The maximum atomic E-state index is 10.8. The van der Waals surface area contributed by atoms with Crippen molar-refractivity contribution in [2.75, 3.05) is 6.54 Å². The van der Waals surface area contributed by atoms with Gasteiger partial charge in [0.2, 0.25) is 0 Å². The highest BCUT2D eigenvalue weighted by atomic mass is 79.9. The number of rotatable bonds is 4. The Kier molecular flexibility index (Phi) is 5.27. The zero-order chi connectivity index (χ0) is 19.1. The Bertz CT molecular complexity index is 819. The second-order valence-corrected chi connectivity index (χ2v) is 8.81. The number of benzene rings is 1. The van der Waals surface area contributed by atoms with Crippen LogP contribution in [0.5, 0.6) is 0 Å². The first-order chi connectivity index (χ1) is 12.2. The van der Waals surface area contributed by atoms with Gasteiger partial charge < -0.3 is 10.0 Å². The van der Waals surface area contributed by atoms with Crippen LogP contribution >= 0.6 is 15.9 Å². The molecular weight excluding hydrogens is 388 g/mol. The molecule has 0 amide bonds. The average molecular weight is 415 g/mol. The van der Waals surface area contributed by atoms with Crippen LogP contribution in [-0.4, -0.2) is 28.6 Å². The molecular formula is C22H27BrN2O. The van der Waals surface area contributed by atoms with Gasteiger partial charge in [-0.05, 0) is 55.7 Å². The third-order valence-corrected chi connectivity index (χ3v) is 6.03. The van der Waals surface area contributed by atoms with E-state index < -0.39 is 6.23 Å². The second kappa shape index (κ2) is 7.16. The van der Waals surface area contributed by atoms with Crippen molar-refractivity contribution in [2.45, 2.75) is 46.3 Å². The largest absolute Gasteiger partial charge is 0.370 e. The lowest BCUT2D eigenvalue weighted by atomic mass is 9.81. The Morgan fingerprint density at radius 2 is 2.15 bits per heavy atom. The first-order valence-electron chi connectivity index (χ1n) is 9.04. The molecule has 26 heavy (non-hydrogen) atoms. The summed E-state index contributed by atoms with van der Waals surface area (Å²) in [6.07, 6.45) is 6.05. The van der Waals surface area contributed by atoms with E-state index in [1.165, 1.54) is 16.7 Å². The Balaban J connectivity index is 2.05. The van der Waals surface area contributed by atoms with Gasteiger partial charge in [-0.25, -0.2) is 4.99 Å². The number of fused-ring (bicyclic) bond motifs is 1. The molecule has 3 rings (SSSR count). The molecule has 0 bridgehead atoms. The van der Waals surface area contributed by atoms with Crippen molar-refractivity contribution in [1.82, 2.24) is 4.90 Å². The normalized spacial score (nSPS) is 22.8. The summed E-state index contributed by atoms with van der Waals surface area (Å²) >= 11 is 3.58. The lowest BCUT2D eigenvalue weighted by Crippen LogP contribution is -2.49. The van der Waals surface area contributed by atoms with Crippen LogP contribution in [0, 0.1) is 12.3 Å². The number of aliphatic imine (C=N–C) groups is 1. The average Bonchev–Trinajstić information content (AvgIpc) is 2.57. The molecule has 1 aromatic carbocycles. The molecule has 0 aliphatic carbocycles. The number of hydrogen-bond donors (Lipinski definition) is 1. The van der Waals surface area contributed by atoms with Crippen LogP contribution in [0.2, 0.25) is 0 Å². The zero-order valence-corrected chi connectivity index (χ0v) is 17.5. The van der Waals surface area contributed by atoms with E-state index >= 15 is 0 Å². The monoisotopic (exact) mass is 414 g/mol. The molecule has 0 radical (unpaired) electrons. The minimum atomic E-state index is -0.652. The Morgan fingerprint density at radius 1 is 1.42 bits per heavy atom. The molecule has 0 aromatic heterocycles. The van der Waals surface area contributed by atoms with Gasteiger partial charge in [0.25, 0.3) is 0 Å². The minimum absolute atomic E-state index is 0.0345. The van der Waals surface area contributed by atoms with E-state index in [9.17, 15) is 5.11 Å². The number of aryl methyl sites for hydroxylation is 1. The number of nitrogens with zero attached hydrogens (tertiary/aromatic N) is 2. The summed E-state index contributed by atoms with van der Waals surface area (Å²) in [4.78, 5) is 6.92. The molecule has 2 unspecified atom stereocenters. The van der Waals surface area contributed by atoms with Crippen LogP contribution < -0.4 is 0 Å². The fourth-order valence-electron chi connectivity index (χ4n) is 3.60. The summed E-state index contributed by atoms with van der Waals surface area (Å²) < 4.78 is 1.05. The van der Waals surface area contributed by atoms with Crippen molar-refractivity contribution >= 4 is 21.8 Å². The summed E-state index contributed by atoms with van der Waals surface area (Å²) in [7, 11) is 0.